The summed E-state index contributed by atoms with van der Waals surface area (Å²) in [6, 6.07) is 10.6. The van der Waals surface area contributed by atoms with Crippen LogP contribution in [0.3, 0.4) is 0 Å². The molecule has 0 atom stereocenters. The Hall–Kier alpha value is -3.61. The van der Waals surface area contributed by atoms with Crippen LogP contribution in [0.1, 0.15) is 26.4 Å². The average molecular weight is 333 g/mol. The van der Waals surface area contributed by atoms with Crippen LogP contribution >= 0.6 is 0 Å². The predicted molar refractivity (Wildman–Crippen MR) is 91.8 cm³/mol. The van der Waals surface area contributed by atoms with E-state index >= 15 is 0 Å². The number of nitrogens with zero attached hydrogens (tertiary/aromatic N) is 3. The van der Waals surface area contributed by atoms with Crippen LogP contribution in [-0.2, 0) is 6.54 Å². The summed E-state index contributed by atoms with van der Waals surface area (Å²) in [5.74, 6) is -0.515. The van der Waals surface area contributed by atoms with Gasteiger partial charge in [-0.15, -0.1) is 0 Å². The summed E-state index contributed by atoms with van der Waals surface area (Å²) in [7, 11) is 0. The average Bonchev–Trinajstić information content (AvgIpc) is 2.68. The van der Waals surface area contributed by atoms with Gasteiger partial charge >= 0.3 is 0 Å². The fourth-order valence-electron chi connectivity index (χ4n) is 2.10. The monoisotopic (exact) mass is 333 g/mol. The Bertz CT molecular complexity index is 852. The Kier molecular flexibility index (Phi) is 5.06. The lowest BCUT2D eigenvalue weighted by Crippen LogP contribution is -2.22. The fourth-order valence-corrected chi connectivity index (χ4v) is 2.10. The minimum absolute atomic E-state index is 0.187. The van der Waals surface area contributed by atoms with Gasteiger partial charge in [0.1, 0.15) is 5.69 Å². The van der Waals surface area contributed by atoms with Gasteiger partial charge in [-0.1, -0.05) is 12.1 Å². The number of carbonyl (C=O) groups excluding carboxylic acids is 2. The standard InChI is InChI=1S/C18H15N5O2/c24-17(14-2-1-7-19-11-14)22-10-13-3-5-15(6-4-13)23-18(25)16-12-20-8-9-21-16/h1-9,11-12H,10H2,(H,22,24)(H,23,25). The fraction of sp³-hybridized carbons (Fsp3) is 0.0556. The van der Waals surface area contributed by atoms with Crippen LogP contribution in [0.5, 0.6) is 0 Å². The molecule has 2 N–H and O–H groups in total. The van der Waals surface area contributed by atoms with Crippen molar-refractivity contribution in [1.29, 1.82) is 0 Å². The van der Waals surface area contributed by atoms with Crippen molar-refractivity contribution in [3.63, 3.8) is 0 Å². The van der Waals surface area contributed by atoms with E-state index in [4.69, 9.17) is 0 Å². The highest BCUT2D eigenvalue weighted by atomic mass is 16.2. The molecule has 3 aromatic rings. The summed E-state index contributed by atoms with van der Waals surface area (Å²) < 4.78 is 0. The van der Waals surface area contributed by atoms with Crippen molar-refractivity contribution in [1.82, 2.24) is 20.3 Å². The highest BCUT2D eigenvalue weighted by Crippen LogP contribution is 2.11. The van der Waals surface area contributed by atoms with Crippen molar-refractivity contribution in [2.75, 3.05) is 5.32 Å². The molecule has 2 amide bonds. The zero-order valence-electron chi connectivity index (χ0n) is 13.2. The predicted octanol–water partition coefficient (Wildman–Crippen LogP) is 2.05. The topological polar surface area (TPSA) is 96.9 Å². The largest absolute Gasteiger partial charge is 0.348 e. The van der Waals surface area contributed by atoms with E-state index in [2.05, 4.69) is 25.6 Å². The van der Waals surface area contributed by atoms with Crippen LogP contribution in [-0.4, -0.2) is 26.8 Å². The number of aromatic nitrogens is 3. The van der Waals surface area contributed by atoms with Crippen LogP contribution in [0.2, 0.25) is 0 Å². The van der Waals surface area contributed by atoms with E-state index in [1.807, 2.05) is 12.1 Å². The Morgan fingerprint density at radius 2 is 1.68 bits per heavy atom. The molecule has 124 valence electrons. The molecule has 0 bridgehead atoms. The molecule has 25 heavy (non-hydrogen) atoms. The second kappa shape index (κ2) is 7.78. The molecule has 0 spiro atoms. The maximum atomic E-state index is 12.0. The van der Waals surface area contributed by atoms with Crippen molar-refractivity contribution < 1.29 is 9.59 Å². The lowest BCUT2D eigenvalue weighted by atomic mass is 10.2. The summed E-state index contributed by atoms with van der Waals surface area (Å²) in [6.07, 6.45) is 7.50. The quantitative estimate of drug-likeness (QED) is 0.745. The van der Waals surface area contributed by atoms with Gasteiger partial charge in [0, 0.05) is 37.0 Å². The van der Waals surface area contributed by atoms with E-state index in [0.29, 0.717) is 17.8 Å². The molecule has 0 unspecified atom stereocenters. The molecular formula is C18H15N5O2. The molecular weight excluding hydrogens is 318 g/mol. The highest BCUT2D eigenvalue weighted by Gasteiger charge is 2.08. The zero-order chi connectivity index (χ0) is 17.5. The maximum absolute atomic E-state index is 12.0. The third kappa shape index (κ3) is 4.44. The van der Waals surface area contributed by atoms with Gasteiger partial charge in [-0.3, -0.25) is 19.6 Å². The number of benzene rings is 1. The number of hydrogen-bond donors (Lipinski definition) is 2. The SMILES string of the molecule is O=C(NCc1ccc(NC(=O)c2cnccn2)cc1)c1cccnc1. The van der Waals surface area contributed by atoms with Crippen LogP contribution in [0, 0.1) is 0 Å². The summed E-state index contributed by atoms with van der Waals surface area (Å²) in [5.41, 5.74) is 2.30. The number of amides is 2. The third-order valence-electron chi connectivity index (χ3n) is 3.38. The molecule has 0 fully saturated rings. The molecule has 7 heteroatoms. The van der Waals surface area contributed by atoms with Crippen LogP contribution in [0.4, 0.5) is 5.69 Å². The molecule has 0 saturated carbocycles. The van der Waals surface area contributed by atoms with Crippen molar-refractivity contribution in [3.8, 4) is 0 Å². The van der Waals surface area contributed by atoms with Crippen molar-refractivity contribution in [3.05, 3.63) is 84.2 Å². The first kappa shape index (κ1) is 16.3. The summed E-state index contributed by atoms with van der Waals surface area (Å²) in [5, 5.41) is 5.56. The number of hydrogen-bond acceptors (Lipinski definition) is 5. The summed E-state index contributed by atoms with van der Waals surface area (Å²) >= 11 is 0. The summed E-state index contributed by atoms with van der Waals surface area (Å²) in [4.78, 5) is 35.7. The van der Waals surface area contributed by atoms with Crippen molar-refractivity contribution >= 4 is 17.5 Å². The van der Waals surface area contributed by atoms with Gasteiger partial charge in [0.05, 0.1) is 11.8 Å². The van der Waals surface area contributed by atoms with Gasteiger partial charge in [-0.05, 0) is 29.8 Å². The second-order valence-electron chi connectivity index (χ2n) is 5.17. The number of nitrogens with one attached hydrogen (secondary N) is 2. The van der Waals surface area contributed by atoms with Gasteiger partial charge in [0.15, 0.2) is 0 Å². The second-order valence-corrected chi connectivity index (χ2v) is 5.17. The Balaban J connectivity index is 1.55. The number of anilines is 1. The molecule has 2 aromatic heterocycles. The molecule has 0 aliphatic heterocycles. The van der Waals surface area contributed by atoms with Gasteiger partial charge < -0.3 is 10.6 Å². The van der Waals surface area contributed by atoms with Crippen molar-refractivity contribution in [2.24, 2.45) is 0 Å². The van der Waals surface area contributed by atoms with E-state index in [1.54, 1.807) is 30.5 Å². The number of pyridine rings is 1. The molecule has 0 radical (unpaired) electrons. The smallest absolute Gasteiger partial charge is 0.275 e. The molecule has 2 heterocycles. The highest BCUT2D eigenvalue weighted by molar-refractivity contribution is 6.02. The van der Waals surface area contributed by atoms with Crippen LogP contribution in [0.25, 0.3) is 0 Å². The van der Waals surface area contributed by atoms with Crippen LogP contribution in [0.15, 0.2) is 67.4 Å². The minimum atomic E-state index is -0.328. The lowest BCUT2D eigenvalue weighted by Gasteiger charge is -2.07. The zero-order valence-corrected chi connectivity index (χ0v) is 13.2. The van der Waals surface area contributed by atoms with E-state index in [1.165, 1.54) is 24.8 Å². The van der Waals surface area contributed by atoms with Gasteiger partial charge in [-0.25, -0.2) is 4.98 Å². The molecule has 0 saturated heterocycles. The normalized spacial score (nSPS) is 10.1. The van der Waals surface area contributed by atoms with E-state index in [9.17, 15) is 9.59 Å². The Labute approximate surface area is 144 Å². The molecule has 3 rings (SSSR count). The van der Waals surface area contributed by atoms with Gasteiger partial charge in [0.25, 0.3) is 11.8 Å². The lowest BCUT2D eigenvalue weighted by molar-refractivity contribution is 0.0949. The number of rotatable bonds is 5. The maximum Gasteiger partial charge on any atom is 0.275 e. The minimum Gasteiger partial charge on any atom is -0.348 e. The summed E-state index contributed by atoms with van der Waals surface area (Å²) in [6.45, 7) is 0.381. The molecule has 0 aliphatic rings. The Morgan fingerprint density at radius 3 is 2.36 bits per heavy atom. The molecule has 7 nitrogen and oxygen atoms in total. The third-order valence-corrected chi connectivity index (χ3v) is 3.38. The Morgan fingerprint density at radius 1 is 0.880 bits per heavy atom. The molecule has 1 aromatic carbocycles. The first-order valence-corrected chi connectivity index (χ1v) is 7.57. The van der Waals surface area contributed by atoms with Gasteiger partial charge in [0.2, 0.25) is 0 Å². The van der Waals surface area contributed by atoms with E-state index < -0.39 is 0 Å². The van der Waals surface area contributed by atoms with Crippen LogP contribution < -0.4 is 10.6 Å². The first-order chi connectivity index (χ1) is 12.2. The van der Waals surface area contributed by atoms with E-state index in [0.717, 1.165) is 5.56 Å². The van der Waals surface area contributed by atoms with Crippen molar-refractivity contribution in [2.45, 2.75) is 6.54 Å². The van der Waals surface area contributed by atoms with Gasteiger partial charge in [-0.2, -0.15) is 0 Å². The molecule has 0 aliphatic carbocycles. The first-order valence-electron chi connectivity index (χ1n) is 7.57. The number of carbonyl (C=O) groups is 2. The van der Waals surface area contributed by atoms with E-state index in [-0.39, 0.29) is 17.5 Å².